The van der Waals surface area contributed by atoms with Crippen molar-refractivity contribution in [2.24, 2.45) is 4.99 Å². The second-order valence-electron chi connectivity index (χ2n) is 6.09. The van der Waals surface area contributed by atoms with E-state index in [1.807, 2.05) is 42.1 Å². The Morgan fingerprint density at radius 3 is 2.33 bits per heavy atom. The summed E-state index contributed by atoms with van der Waals surface area (Å²) in [6.07, 6.45) is 1.97. The maximum absolute atomic E-state index is 12.5. The average Bonchev–Trinajstić information content (AvgIpc) is 2.95. The summed E-state index contributed by atoms with van der Waals surface area (Å²) in [5.41, 5.74) is 5.23. The Morgan fingerprint density at radius 1 is 1.00 bits per heavy atom. The van der Waals surface area contributed by atoms with E-state index in [0.717, 1.165) is 15.9 Å². The number of amides is 1. The van der Waals surface area contributed by atoms with E-state index in [1.54, 1.807) is 0 Å². The minimum atomic E-state index is -0.193. The first-order valence-electron chi connectivity index (χ1n) is 7.88. The second kappa shape index (κ2) is 6.97. The molecule has 0 aliphatic carbocycles. The molecule has 0 aliphatic heterocycles. The van der Waals surface area contributed by atoms with Crippen LogP contribution in [0.5, 0.6) is 0 Å². The van der Waals surface area contributed by atoms with Crippen LogP contribution >= 0.6 is 11.3 Å². The van der Waals surface area contributed by atoms with E-state index < -0.39 is 0 Å². The molecule has 3 nitrogen and oxygen atoms in total. The van der Waals surface area contributed by atoms with Crippen molar-refractivity contribution in [3.63, 3.8) is 0 Å². The highest BCUT2D eigenvalue weighted by Gasteiger charge is 2.07. The molecule has 0 bridgehead atoms. The first-order valence-corrected chi connectivity index (χ1v) is 8.76. The Balaban J connectivity index is 1.89. The normalized spacial score (nSPS) is 11.7. The number of aromatic nitrogens is 1. The van der Waals surface area contributed by atoms with E-state index in [2.05, 4.69) is 42.2 Å². The van der Waals surface area contributed by atoms with Gasteiger partial charge in [0.25, 0.3) is 5.91 Å². The fraction of sp³-hybridized carbons (Fsp3) is 0.200. The molecule has 122 valence electrons. The fourth-order valence-electron chi connectivity index (χ4n) is 2.65. The van der Waals surface area contributed by atoms with Crippen molar-refractivity contribution in [3.8, 4) is 0 Å². The largest absolute Gasteiger partial charge is 0.319 e. The minimum absolute atomic E-state index is 0.193. The van der Waals surface area contributed by atoms with Crippen molar-refractivity contribution in [2.45, 2.75) is 27.3 Å². The Kier molecular flexibility index (Phi) is 4.76. The Morgan fingerprint density at radius 2 is 1.67 bits per heavy atom. The van der Waals surface area contributed by atoms with E-state index >= 15 is 0 Å². The SMILES string of the molecule is Cc1ccc(Cn2ccsc2=NC(=O)c2cc(C)cc(C)c2)cc1. The molecule has 0 unspecified atom stereocenters. The predicted molar refractivity (Wildman–Crippen MR) is 98.4 cm³/mol. The second-order valence-corrected chi connectivity index (χ2v) is 6.97. The van der Waals surface area contributed by atoms with Crippen LogP contribution in [0.2, 0.25) is 0 Å². The van der Waals surface area contributed by atoms with Crippen molar-refractivity contribution in [2.75, 3.05) is 0 Å². The number of nitrogens with zero attached hydrogens (tertiary/aromatic N) is 2. The summed E-state index contributed by atoms with van der Waals surface area (Å²) < 4.78 is 2.01. The van der Waals surface area contributed by atoms with Gasteiger partial charge < -0.3 is 4.57 Å². The summed E-state index contributed by atoms with van der Waals surface area (Å²) in [7, 11) is 0. The van der Waals surface area contributed by atoms with Gasteiger partial charge in [-0.05, 0) is 38.5 Å². The number of aryl methyl sites for hydroxylation is 3. The molecule has 3 aromatic rings. The average molecular weight is 336 g/mol. The van der Waals surface area contributed by atoms with Gasteiger partial charge in [-0.1, -0.05) is 47.0 Å². The minimum Gasteiger partial charge on any atom is -0.319 e. The van der Waals surface area contributed by atoms with E-state index in [-0.39, 0.29) is 5.91 Å². The first kappa shape index (κ1) is 16.4. The van der Waals surface area contributed by atoms with Gasteiger partial charge in [0, 0.05) is 23.7 Å². The van der Waals surface area contributed by atoms with Crippen molar-refractivity contribution < 1.29 is 4.79 Å². The van der Waals surface area contributed by atoms with Gasteiger partial charge >= 0.3 is 0 Å². The number of carbonyl (C=O) groups excluding carboxylic acids is 1. The number of hydrogen-bond acceptors (Lipinski definition) is 2. The van der Waals surface area contributed by atoms with E-state index in [4.69, 9.17) is 0 Å². The van der Waals surface area contributed by atoms with Crippen molar-refractivity contribution in [1.29, 1.82) is 0 Å². The third-order valence-electron chi connectivity index (χ3n) is 3.80. The molecule has 4 heteroatoms. The standard InChI is InChI=1S/C20H20N2OS/c1-14-4-6-17(7-5-14)13-22-8-9-24-20(22)21-19(23)18-11-15(2)10-16(3)12-18/h4-12H,13H2,1-3H3. The molecule has 0 spiro atoms. The molecule has 0 N–H and O–H groups in total. The molecule has 0 fully saturated rings. The van der Waals surface area contributed by atoms with Gasteiger partial charge in [0.05, 0.1) is 0 Å². The highest BCUT2D eigenvalue weighted by molar-refractivity contribution is 7.07. The maximum atomic E-state index is 12.5. The molecule has 0 aliphatic rings. The van der Waals surface area contributed by atoms with Crippen molar-refractivity contribution in [3.05, 3.63) is 86.7 Å². The van der Waals surface area contributed by atoms with Crippen LogP contribution in [-0.2, 0) is 6.54 Å². The Bertz CT molecular complexity index is 913. The zero-order chi connectivity index (χ0) is 17.1. The molecular weight excluding hydrogens is 316 g/mol. The van der Waals surface area contributed by atoms with Crippen LogP contribution in [0.25, 0.3) is 0 Å². The predicted octanol–water partition coefficient (Wildman–Crippen LogP) is 4.26. The fourth-order valence-corrected chi connectivity index (χ4v) is 3.37. The summed E-state index contributed by atoms with van der Waals surface area (Å²) in [6, 6.07) is 14.2. The summed E-state index contributed by atoms with van der Waals surface area (Å²) >= 11 is 1.48. The summed E-state index contributed by atoms with van der Waals surface area (Å²) in [4.78, 5) is 17.5. The van der Waals surface area contributed by atoms with Crippen LogP contribution in [0, 0.1) is 20.8 Å². The molecule has 24 heavy (non-hydrogen) atoms. The molecular formula is C20H20N2OS. The molecule has 3 rings (SSSR count). The Hall–Kier alpha value is -2.46. The summed E-state index contributed by atoms with van der Waals surface area (Å²) in [5.74, 6) is -0.193. The molecule has 2 aromatic carbocycles. The number of rotatable bonds is 3. The summed E-state index contributed by atoms with van der Waals surface area (Å²) in [5, 5.41) is 1.96. The smallest absolute Gasteiger partial charge is 0.279 e. The lowest BCUT2D eigenvalue weighted by atomic mass is 10.1. The zero-order valence-electron chi connectivity index (χ0n) is 14.1. The maximum Gasteiger partial charge on any atom is 0.279 e. The van der Waals surface area contributed by atoms with Crippen LogP contribution in [0.15, 0.2) is 59.0 Å². The zero-order valence-corrected chi connectivity index (χ0v) is 14.9. The number of hydrogen-bond donors (Lipinski definition) is 0. The van der Waals surface area contributed by atoms with Crippen LogP contribution in [0.1, 0.15) is 32.6 Å². The number of benzene rings is 2. The first-order chi connectivity index (χ1) is 11.5. The number of carbonyl (C=O) groups is 1. The van der Waals surface area contributed by atoms with Gasteiger partial charge in [0.2, 0.25) is 0 Å². The van der Waals surface area contributed by atoms with E-state index in [0.29, 0.717) is 12.1 Å². The molecule has 0 radical (unpaired) electrons. The third kappa shape index (κ3) is 3.89. The van der Waals surface area contributed by atoms with Crippen LogP contribution < -0.4 is 4.80 Å². The third-order valence-corrected chi connectivity index (χ3v) is 4.59. The molecule has 0 saturated carbocycles. The lowest BCUT2D eigenvalue weighted by molar-refractivity contribution is 0.0997. The molecule has 1 heterocycles. The Labute approximate surface area is 145 Å². The van der Waals surface area contributed by atoms with Gasteiger partial charge in [-0.3, -0.25) is 4.79 Å². The topological polar surface area (TPSA) is 34.4 Å². The summed E-state index contributed by atoms with van der Waals surface area (Å²) in [6.45, 7) is 6.77. The van der Waals surface area contributed by atoms with Crippen LogP contribution in [-0.4, -0.2) is 10.5 Å². The van der Waals surface area contributed by atoms with Gasteiger partial charge in [0.15, 0.2) is 4.80 Å². The molecule has 0 atom stereocenters. The quantitative estimate of drug-likeness (QED) is 0.703. The van der Waals surface area contributed by atoms with Crippen molar-refractivity contribution in [1.82, 2.24) is 4.57 Å². The van der Waals surface area contributed by atoms with Crippen molar-refractivity contribution >= 4 is 17.2 Å². The molecule has 1 aromatic heterocycles. The highest BCUT2D eigenvalue weighted by Crippen LogP contribution is 2.10. The lowest BCUT2D eigenvalue weighted by Gasteiger charge is -2.04. The monoisotopic (exact) mass is 336 g/mol. The lowest BCUT2D eigenvalue weighted by Crippen LogP contribution is -2.17. The molecule has 0 saturated heterocycles. The van der Waals surface area contributed by atoms with Gasteiger partial charge in [-0.15, -0.1) is 11.3 Å². The van der Waals surface area contributed by atoms with E-state index in [1.165, 1.54) is 22.5 Å². The number of thiazole rings is 1. The van der Waals surface area contributed by atoms with E-state index in [9.17, 15) is 4.79 Å². The van der Waals surface area contributed by atoms with Crippen LogP contribution in [0.3, 0.4) is 0 Å². The van der Waals surface area contributed by atoms with Gasteiger partial charge in [-0.25, -0.2) is 0 Å². The van der Waals surface area contributed by atoms with Gasteiger partial charge in [-0.2, -0.15) is 4.99 Å². The molecule has 1 amide bonds. The van der Waals surface area contributed by atoms with Crippen LogP contribution in [0.4, 0.5) is 0 Å². The van der Waals surface area contributed by atoms with Gasteiger partial charge in [0.1, 0.15) is 0 Å². The highest BCUT2D eigenvalue weighted by atomic mass is 32.1.